The van der Waals surface area contributed by atoms with Gasteiger partial charge in [0.2, 0.25) is 5.91 Å². The van der Waals surface area contributed by atoms with E-state index in [9.17, 15) is 4.79 Å². The van der Waals surface area contributed by atoms with Crippen molar-refractivity contribution in [2.45, 2.75) is 19.9 Å². The molecular formula is C24H24N4O2. The molecule has 0 unspecified atom stereocenters. The summed E-state index contributed by atoms with van der Waals surface area (Å²) >= 11 is 0. The number of aryl methyl sites for hydroxylation is 2. The van der Waals surface area contributed by atoms with Gasteiger partial charge in [0.1, 0.15) is 11.6 Å². The second-order valence-electron chi connectivity index (χ2n) is 7.21. The van der Waals surface area contributed by atoms with Crippen LogP contribution in [0.5, 0.6) is 0 Å². The standard InChI is InChI=1S/C24H24N4O2/c1-17-10-12-20(13-11-17)28-22(15-18(2)27-28)26-23(29)16-25-24(21-9-6-14-30-21)19-7-4-3-5-8-19/h3-15,24-25H,16H2,1-2H3,(H,26,29)/t24-/m0/s1. The fraction of sp³-hybridized carbons (Fsp3) is 0.167. The van der Waals surface area contributed by atoms with E-state index in [-0.39, 0.29) is 18.5 Å². The average molecular weight is 400 g/mol. The molecule has 30 heavy (non-hydrogen) atoms. The summed E-state index contributed by atoms with van der Waals surface area (Å²) in [6.07, 6.45) is 1.63. The first kappa shape index (κ1) is 19.7. The molecule has 2 heterocycles. The van der Waals surface area contributed by atoms with Gasteiger partial charge in [-0.3, -0.25) is 10.1 Å². The van der Waals surface area contributed by atoms with Crippen molar-refractivity contribution in [1.82, 2.24) is 15.1 Å². The predicted octanol–water partition coefficient (Wildman–Crippen LogP) is 4.40. The van der Waals surface area contributed by atoms with E-state index < -0.39 is 0 Å². The van der Waals surface area contributed by atoms with Crippen LogP contribution in [0, 0.1) is 13.8 Å². The highest BCUT2D eigenvalue weighted by atomic mass is 16.3. The number of nitrogens with zero attached hydrogens (tertiary/aromatic N) is 2. The molecule has 1 amide bonds. The van der Waals surface area contributed by atoms with Gasteiger partial charge in [-0.2, -0.15) is 5.10 Å². The van der Waals surface area contributed by atoms with Crippen LogP contribution in [0.4, 0.5) is 5.82 Å². The Morgan fingerprint density at radius 3 is 2.50 bits per heavy atom. The van der Waals surface area contributed by atoms with Gasteiger partial charge in [0, 0.05) is 6.07 Å². The number of nitrogens with one attached hydrogen (secondary N) is 2. The number of carbonyl (C=O) groups excluding carboxylic acids is 1. The fourth-order valence-corrected chi connectivity index (χ4v) is 3.34. The normalized spacial score (nSPS) is 11.9. The molecule has 4 rings (SSSR count). The van der Waals surface area contributed by atoms with Crippen molar-refractivity contribution >= 4 is 11.7 Å². The first-order valence-electron chi connectivity index (χ1n) is 9.85. The molecule has 0 bridgehead atoms. The maximum Gasteiger partial charge on any atom is 0.239 e. The van der Waals surface area contributed by atoms with Gasteiger partial charge in [0.15, 0.2) is 0 Å². The van der Waals surface area contributed by atoms with Gasteiger partial charge >= 0.3 is 0 Å². The van der Waals surface area contributed by atoms with Crippen LogP contribution in [0.25, 0.3) is 5.69 Å². The quantitative estimate of drug-likeness (QED) is 0.482. The van der Waals surface area contributed by atoms with Gasteiger partial charge in [-0.05, 0) is 43.7 Å². The number of hydrogen-bond acceptors (Lipinski definition) is 4. The number of aromatic nitrogens is 2. The molecule has 4 aromatic rings. The monoisotopic (exact) mass is 400 g/mol. The first-order valence-corrected chi connectivity index (χ1v) is 9.85. The van der Waals surface area contributed by atoms with Crippen LogP contribution in [0.3, 0.4) is 0 Å². The van der Waals surface area contributed by atoms with Crippen LogP contribution in [0.1, 0.15) is 28.6 Å². The summed E-state index contributed by atoms with van der Waals surface area (Å²) in [5, 5.41) is 10.8. The van der Waals surface area contributed by atoms with Crippen molar-refractivity contribution in [2.24, 2.45) is 0 Å². The zero-order valence-electron chi connectivity index (χ0n) is 17.0. The van der Waals surface area contributed by atoms with E-state index in [1.807, 2.05) is 86.6 Å². The lowest BCUT2D eigenvalue weighted by atomic mass is 10.0. The highest BCUT2D eigenvalue weighted by Gasteiger charge is 2.18. The van der Waals surface area contributed by atoms with Crippen LogP contribution >= 0.6 is 0 Å². The molecule has 2 aromatic heterocycles. The Morgan fingerprint density at radius 2 is 1.80 bits per heavy atom. The van der Waals surface area contributed by atoms with Gasteiger partial charge in [0.05, 0.1) is 30.2 Å². The largest absolute Gasteiger partial charge is 0.467 e. The lowest BCUT2D eigenvalue weighted by Crippen LogP contribution is -2.32. The van der Waals surface area contributed by atoms with E-state index in [1.54, 1.807) is 10.9 Å². The van der Waals surface area contributed by atoms with Gasteiger partial charge in [0.25, 0.3) is 0 Å². The molecule has 0 aliphatic rings. The van der Waals surface area contributed by atoms with E-state index in [4.69, 9.17) is 4.42 Å². The zero-order valence-corrected chi connectivity index (χ0v) is 17.0. The van der Waals surface area contributed by atoms with Crippen molar-refractivity contribution in [2.75, 3.05) is 11.9 Å². The van der Waals surface area contributed by atoms with Crippen molar-refractivity contribution in [3.05, 3.63) is 102 Å². The molecule has 0 saturated carbocycles. The number of benzene rings is 2. The summed E-state index contributed by atoms with van der Waals surface area (Å²) in [7, 11) is 0. The molecule has 6 heteroatoms. The SMILES string of the molecule is Cc1ccc(-n2nc(C)cc2NC(=O)CN[C@@H](c2ccccc2)c2ccco2)cc1. The van der Waals surface area contributed by atoms with E-state index in [0.717, 1.165) is 22.7 Å². The minimum atomic E-state index is -0.212. The Labute approximate surface area is 175 Å². The number of anilines is 1. The summed E-state index contributed by atoms with van der Waals surface area (Å²) in [5.74, 6) is 1.24. The molecule has 2 aromatic carbocycles. The summed E-state index contributed by atoms with van der Waals surface area (Å²) in [6, 6.07) is 23.3. The lowest BCUT2D eigenvalue weighted by Gasteiger charge is -2.17. The highest BCUT2D eigenvalue weighted by molar-refractivity contribution is 5.91. The van der Waals surface area contributed by atoms with Gasteiger partial charge in [-0.15, -0.1) is 0 Å². The van der Waals surface area contributed by atoms with Gasteiger partial charge in [-0.1, -0.05) is 48.0 Å². The van der Waals surface area contributed by atoms with Crippen molar-refractivity contribution in [3.8, 4) is 5.69 Å². The molecular weight excluding hydrogens is 376 g/mol. The number of hydrogen-bond donors (Lipinski definition) is 2. The average Bonchev–Trinajstić information content (AvgIpc) is 3.40. The van der Waals surface area contributed by atoms with Crippen molar-refractivity contribution in [3.63, 3.8) is 0 Å². The smallest absolute Gasteiger partial charge is 0.239 e. The van der Waals surface area contributed by atoms with Crippen molar-refractivity contribution in [1.29, 1.82) is 0 Å². The predicted molar refractivity (Wildman–Crippen MR) is 117 cm³/mol. The number of furan rings is 1. The van der Waals surface area contributed by atoms with Gasteiger partial charge in [-0.25, -0.2) is 4.68 Å². The Hall–Kier alpha value is -3.64. The van der Waals surface area contributed by atoms with Crippen LogP contribution in [0.15, 0.2) is 83.5 Å². The molecule has 0 aliphatic heterocycles. The summed E-state index contributed by atoms with van der Waals surface area (Å²) in [5.41, 5.74) is 3.93. The Kier molecular flexibility index (Phi) is 5.77. The van der Waals surface area contributed by atoms with Crippen LogP contribution in [0.2, 0.25) is 0 Å². The Balaban J connectivity index is 1.48. The fourth-order valence-electron chi connectivity index (χ4n) is 3.34. The number of amides is 1. The molecule has 0 aliphatic carbocycles. The second-order valence-corrected chi connectivity index (χ2v) is 7.21. The van der Waals surface area contributed by atoms with E-state index in [2.05, 4.69) is 15.7 Å². The third-order valence-electron chi connectivity index (χ3n) is 4.80. The van der Waals surface area contributed by atoms with E-state index in [0.29, 0.717) is 5.82 Å². The summed E-state index contributed by atoms with van der Waals surface area (Å²) in [4.78, 5) is 12.7. The molecule has 152 valence electrons. The molecule has 0 saturated heterocycles. The van der Waals surface area contributed by atoms with Gasteiger partial charge < -0.3 is 9.73 Å². The molecule has 1 atom stereocenters. The van der Waals surface area contributed by atoms with Crippen LogP contribution in [-0.4, -0.2) is 22.2 Å². The zero-order chi connectivity index (χ0) is 20.9. The maximum absolute atomic E-state index is 12.7. The maximum atomic E-state index is 12.7. The van der Waals surface area contributed by atoms with Crippen molar-refractivity contribution < 1.29 is 9.21 Å². The molecule has 0 fully saturated rings. The third kappa shape index (κ3) is 4.50. The number of rotatable bonds is 7. The minimum absolute atomic E-state index is 0.123. The number of carbonyl (C=O) groups is 1. The second kappa shape index (κ2) is 8.80. The Bertz CT molecular complexity index is 1100. The van der Waals surface area contributed by atoms with Crippen LogP contribution < -0.4 is 10.6 Å². The van der Waals surface area contributed by atoms with E-state index >= 15 is 0 Å². The Morgan fingerprint density at radius 1 is 1.03 bits per heavy atom. The first-order chi connectivity index (χ1) is 14.6. The highest BCUT2D eigenvalue weighted by Crippen LogP contribution is 2.22. The van der Waals surface area contributed by atoms with E-state index in [1.165, 1.54) is 5.56 Å². The molecule has 6 nitrogen and oxygen atoms in total. The topological polar surface area (TPSA) is 72.1 Å². The summed E-state index contributed by atoms with van der Waals surface area (Å²) < 4.78 is 7.33. The third-order valence-corrected chi connectivity index (χ3v) is 4.80. The minimum Gasteiger partial charge on any atom is -0.467 e. The lowest BCUT2D eigenvalue weighted by molar-refractivity contribution is -0.115. The summed E-state index contributed by atoms with van der Waals surface area (Å²) in [6.45, 7) is 4.06. The molecule has 0 spiro atoms. The molecule has 2 N–H and O–H groups in total. The van der Waals surface area contributed by atoms with Crippen LogP contribution in [-0.2, 0) is 4.79 Å². The molecule has 0 radical (unpaired) electrons.